The number of nitrogens with one attached hydrogen (secondary N) is 1. The van der Waals surface area contributed by atoms with Crippen LogP contribution < -0.4 is 10.9 Å². The van der Waals surface area contributed by atoms with Gasteiger partial charge in [0.05, 0.1) is 31.2 Å². The monoisotopic (exact) mass is 399 g/mol. The van der Waals surface area contributed by atoms with Gasteiger partial charge in [-0.2, -0.15) is 5.10 Å². The summed E-state index contributed by atoms with van der Waals surface area (Å²) in [6.07, 6.45) is 1.44. The highest BCUT2D eigenvalue weighted by atomic mass is 35.5. The maximum atomic E-state index is 12.6. The molecule has 8 heteroatoms. The second-order valence-corrected chi connectivity index (χ2v) is 6.52. The van der Waals surface area contributed by atoms with E-state index < -0.39 is 17.9 Å². The van der Waals surface area contributed by atoms with Crippen LogP contribution in [0, 0.1) is 0 Å². The fourth-order valence-corrected chi connectivity index (χ4v) is 3.13. The quantitative estimate of drug-likeness (QED) is 0.643. The smallest absolute Gasteiger partial charge is 0.307 e. The highest BCUT2D eigenvalue weighted by Crippen LogP contribution is 2.25. The Bertz CT molecular complexity index is 1080. The first-order valence-electron chi connectivity index (χ1n) is 8.55. The van der Waals surface area contributed by atoms with E-state index in [1.54, 1.807) is 42.5 Å². The fraction of sp³-hybridized carbons (Fsp3) is 0.200. The van der Waals surface area contributed by atoms with Crippen LogP contribution in [0.25, 0.3) is 10.8 Å². The molecule has 0 saturated carbocycles. The van der Waals surface area contributed by atoms with Crippen molar-refractivity contribution >= 4 is 34.2 Å². The number of carbonyl (C=O) groups excluding carboxylic acids is 2. The molecule has 0 aliphatic heterocycles. The van der Waals surface area contributed by atoms with Crippen LogP contribution in [0.3, 0.4) is 0 Å². The largest absolute Gasteiger partial charge is 0.469 e. The van der Waals surface area contributed by atoms with Crippen molar-refractivity contribution < 1.29 is 14.3 Å². The van der Waals surface area contributed by atoms with Crippen LogP contribution in [0.1, 0.15) is 18.0 Å². The number of halogens is 1. The molecule has 2 aromatic carbocycles. The van der Waals surface area contributed by atoms with Crippen molar-refractivity contribution in [1.82, 2.24) is 15.1 Å². The van der Waals surface area contributed by atoms with Gasteiger partial charge < -0.3 is 10.1 Å². The molecule has 1 heterocycles. The van der Waals surface area contributed by atoms with Gasteiger partial charge in [-0.15, -0.1) is 0 Å². The van der Waals surface area contributed by atoms with E-state index in [-0.39, 0.29) is 18.5 Å². The normalized spacial score (nSPS) is 11.8. The molecule has 0 aliphatic rings. The standard InChI is InChI=1S/C20H18ClN3O4/c1-28-19(26)10-17(15-8-4-5-9-16(15)21)23-18(25)12-24-20(27)14-7-3-2-6-13(14)11-22-24/h2-9,11,17H,10,12H2,1H3,(H,23,25). The third-order valence-electron chi connectivity index (χ3n) is 4.27. The molecule has 28 heavy (non-hydrogen) atoms. The molecule has 144 valence electrons. The molecule has 3 aromatic rings. The number of carbonyl (C=O) groups is 2. The van der Waals surface area contributed by atoms with E-state index in [1.165, 1.54) is 13.3 Å². The lowest BCUT2D eigenvalue weighted by molar-refractivity contribution is -0.141. The number of esters is 1. The van der Waals surface area contributed by atoms with Crippen molar-refractivity contribution in [3.05, 3.63) is 75.7 Å². The minimum Gasteiger partial charge on any atom is -0.469 e. The maximum Gasteiger partial charge on any atom is 0.307 e. The van der Waals surface area contributed by atoms with Crippen molar-refractivity contribution in [2.45, 2.75) is 19.0 Å². The molecule has 1 atom stereocenters. The topological polar surface area (TPSA) is 90.3 Å². The van der Waals surface area contributed by atoms with Crippen LogP contribution in [0.4, 0.5) is 0 Å². The third-order valence-corrected chi connectivity index (χ3v) is 4.61. The van der Waals surface area contributed by atoms with Gasteiger partial charge in [-0.3, -0.25) is 14.4 Å². The zero-order valence-electron chi connectivity index (χ0n) is 15.1. The number of fused-ring (bicyclic) bond motifs is 1. The van der Waals surface area contributed by atoms with Crippen molar-refractivity contribution in [1.29, 1.82) is 0 Å². The molecule has 1 N–H and O–H groups in total. The first-order valence-corrected chi connectivity index (χ1v) is 8.93. The number of hydrogen-bond donors (Lipinski definition) is 1. The average Bonchev–Trinajstić information content (AvgIpc) is 2.70. The van der Waals surface area contributed by atoms with E-state index >= 15 is 0 Å². The number of ether oxygens (including phenoxy) is 1. The molecule has 3 rings (SSSR count). The Kier molecular flexibility index (Phi) is 6.06. The van der Waals surface area contributed by atoms with Gasteiger partial charge >= 0.3 is 5.97 Å². The number of amides is 1. The predicted octanol–water partition coefficient (Wildman–Crippen LogP) is 2.47. The molecule has 0 bridgehead atoms. The number of nitrogens with zero attached hydrogens (tertiary/aromatic N) is 2. The SMILES string of the molecule is COC(=O)CC(NC(=O)Cn1ncc2ccccc2c1=O)c1ccccc1Cl. The average molecular weight is 400 g/mol. The highest BCUT2D eigenvalue weighted by Gasteiger charge is 2.21. The summed E-state index contributed by atoms with van der Waals surface area (Å²) in [5.41, 5.74) is 0.220. The fourth-order valence-electron chi connectivity index (χ4n) is 2.86. The molecule has 1 aromatic heterocycles. The van der Waals surface area contributed by atoms with E-state index in [1.807, 2.05) is 6.07 Å². The number of hydrogen-bond acceptors (Lipinski definition) is 5. The lowest BCUT2D eigenvalue weighted by Crippen LogP contribution is -2.36. The van der Waals surface area contributed by atoms with Crippen molar-refractivity contribution in [3.63, 3.8) is 0 Å². The van der Waals surface area contributed by atoms with Gasteiger partial charge in [0, 0.05) is 10.4 Å². The van der Waals surface area contributed by atoms with Gasteiger partial charge in [-0.05, 0) is 17.7 Å². The summed E-state index contributed by atoms with van der Waals surface area (Å²) >= 11 is 6.21. The summed E-state index contributed by atoms with van der Waals surface area (Å²) in [6, 6.07) is 13.2. The van der Waals surface area contributed by atoms with Crippen LogP contribution in [-0.4, -0.2) is 28.8 Å². The zero-order valence-corrected chi connectivity index (χ0v) is 15.8. The first kappa shape index (κ1) is 19.6. The summed E-state index contributed by atoms with van der Waals surface area (Å²) in [5.74, 6) is -0.968. The van der Waals surface area contributed by atoms with Crippen LogP contribution in [0.15, 0.2) is 59.5 Å². The Morgan fingerprint density at radius 3 is 2.64 bits per heavy atom. The highest BCUT2D eigenvalue weighted by molar-refractivity contribution is 6.31. The molecule has 1 amide bonds. The van der Waals surface area contributed by atoms with Crippen LogP contribution in [0.5, 0.6) is 0 Å². The van der Waals surface area contributed by atoms with E-state index in [0.717, 1.165) is 4.68 Å². The van der Waals surface area contributed by atoms with Crippen molar-refractivity contribution in [2.75, 3.05) is 7.11 Å². The second-order valence-electron chi connectivity index (χ2n) is 6.12. The first-order chi connectivity index (χ1) is 13.5. The van der Waals surface area contributed by atoms with Gasteiger partial charge in [0.1, 0.15) is 6.54 Å². The Hall–Kier alpha value is -3.19. The Labute approximate surface area is 165 Å². The Morgan fingerprint density at radius 2 is 1.89 bits per heavy atom. The van der Waals surface area contributed by atoms with Gasteiger partial charge in [0.15, 0.2) is 0 Å². The second kappa shape index (κ2) is 8.67. The molecule has 0 aliphatic carbocycles. The molecule has 7 nitrogen and oxygen atoms in total. The summed E-state index contributed by atoms with van der Waals surface area (Å²) < 4.78 is 5.79. The minimum atomic E-state index is -0.690. The number of benzene rings is 2. The van der Waals surface area contributed by atoms with Gasteiger partial charge in [0.25, 0.3) is 5.56 Å². The summed E-state index contributed by atoms with van der Waals surface area (Å²) in [6.45, 7) is -0.286. The summed E-state index contributed by atoms with van der Waals surface area (Å²) in [5, 5.41) is 8.37. The number of methoxy groups -OCH3 is 1. The zero-order chi connectivity index (χ0) is 20.1. The molecule has 0 radical (unpaired) electrons. The predicted molar refractivity (Wildman–Crippen MR) is 105 cm³/mol. The van der Waals surface area contributed by atoms with Crippen molar-refractivity contribution in [3.8, 4) is 0 Å². The van der Waals surface area contributed by atoms with E-state index in [2.05, 4.69) is 10.4 Å². The minimum absolute atomic E-state index is 0.0912. The Morgan fingerprint density at radius 1 is 1.18 bits per heavy atom. The lowest BCUT2D eigenvalue weighted by Gasteiger charge is -2.19. The number of aromatic nitrogens is 2. The molecule has 0 saturated heterocycles. The van der Waals surface area contributed by atoms with Crippen LogP contribution in [-0.2, 0) is 20.9 Å². The van der Waals surface area contributed by atoms with Gasteiger partial charge in [-0.25, -0.2) is 4.68 Å². The molecular formula is C20H18ClN3O4. The summed E-state index contributed by atoms with van der Waals surface area (Å²) in [4.78, 5) is 36.8. The molecular weight excluding hydrogens is 382 g/mol. The van der Waals surface area contributed by atoms with Crippen LogP contribution in [0.2, 0.25) is 5.02 Å². The lowest BCUT2D eigenvalue weighted by atomic mass is 10.0. The van der Waals surface area contributed by atoms with E-state index in [4.69, 9.17) is 16.3 Å². The maximum absolute atomic E-state index is 12.6. The Balaban J connectivity index is 1.82. The summed E-state index contributed by atoms with van der Waals surface area (Å²) in [7, 11) is 1.27. The molecule has 0 spiro atoms. The van der Waals surface area contributed by atoms with E-state index in [0.29, 0.717) is 21.4 Å². The third kappa shape index (κ3) is 4.37. The van der Waals surface area contributed by atoms with Gasteiger partial charge in [-0.1, -0.05) is 48.0 Å². The van der Waals surface area contributed by atoms with Crippen LogP contribution >= 0.6 is 11.6 Å². The van der Waals surface area contributed by atoms with Gasteiger partial charge in [0.2, 0.25) is 5.91 Å². The van der Waals surface area contributed by atoms with Crippen molar-refractivity contribution in [2.24, 2.45) is 0 Å². The van der Waals surface area contributed by atoms with E-state index in [9.17, 15) is 14.4 Å². The molecule has 1 unspecified atom stereocenters. The molecule has 0 fully saturated rings. The number of rotatable bonds is 6.